The zero-order valence-corrected chi connectivity index (χ0v) is 10.1. The fraction of sp³-hybridized carbons (Fsp3) is 0.400. The maximum absolute atomic E-state index is 11.9. The van der Waals surface area contributed by atoms with Gasteiger partial charge in [-0.15, -0.1) is 0 Å². The number of aromatic nitrogens is 2. The number of hydrogen-bond acceptors (Lipinski definition) is 4. The molecule has 98 valence electrons. The first-order chi connectivity index (χ1) is 8.27. The van der Waals surface area contributed by atoms with Gasteiger partial charge in [-0.3, -0.25) is 14.2 Å². The van der Waals surface area contributed by atoms with Crippen molar-refractivity contribution in [2.75, 3.05) is 7.05 Å². The summed E-state index contributed by atoms with van der Waals surface area (Å²) in [5, 5.41) is 8.78. The van der Waals surface area contributed by atoms with Gasteiger partial charge in [0.05, 0.1) is 0 Å². The summed E-state index contributed by atoms with van der Waals surface area (Å²) in [6, 6.07) is -1.07. The third-order valence-corrected chi connectivity index (χ3v) is 2.67. The summed E-state index contributed by atoms with van der Waals surface area (Å²) in [4.78, 5) is 48.6. The molecule has 0 aliphatic carbocycles. The van der Waals surface area contributed by atoms with Gasteiger partial charge in [-0.25, -0.2) is 9.59 Å². The molecule has 1 aromatic rings. The zero-order valence-electron chi connectivity index (χ0n) is 10.1. The number of aliphatic carboxylic acids is 1. The van der Waals surface area contributed by atoms with E-state index in [0.717, 1.165) is 15.7 Å². The highest BCUT2D eigenvalue weighted by Gasteiger charge is 2.25. The normalized spacial score (nSPS) is 11.9. The quantitative estimate of drug-likeness (QED) is 0.691. The zero-order chi connectivity index (χ0) is 14.0. The van der Waals surface area contributed by atoms with Crippen molar-refractivity contribution in [1.82, 2.24) is 14.5 Å². The van der Waals surface area contributed by atoms with Gasteiger partial charge >= 0.3 is 11.7 Å². The molecule has 0 saturated carbocycles. The van der Waals surface area contributed by atoms with Crippen LogP contribution in [-0.4, -0.2) is 44.5 Å². The predicted octanol–water partition coefficient (Wildman–Crippen LogP) is -1.38. The molecule has 0 spiro atoms. The fourth-order valence-corrected chi connectivity index (χ4v) is 1.25. The Hall–Kier alpha value is -2.38. The predicted molar refractivity (Wildman–Crippen MR) is 61.5 cm³/mol. The Morgan fingerprint density at radius 1 is 1.44 bits per heavy atom. The molecule has 1 rings (SSSR count). The Labute approximate surface area is 101 Å². The number of carboxylic acids is 1. The molecule has 1 amide bonds. The molecule has 0 bridgehead atoms. The van der Waals surface area contributed by atoms with E-state index in [2.05, 4.69) is 4.98 Å². The Bertz CT molecular complexity index is 600. The highest BCUT2D eigenvalue weighted by molar-refractivity contribution is 5.95. The van der Waals surface area contributed by atoms with Crippen molar-refractivity contribution in [3.8, 4) is 0 Å². The molecule has 2 N–H and O–H groups in total. The average molecular weight is 255 g/mol. The summed E-state index contributed by atoms with van der Waals surface area (Å²) in [7, 11) is 2.49. The van der Waals surface area contributed by atoms with Gasteiger partial charge in [0.1, 0.15) is 11.6 Å². The van der Waals surface area contributed by atoms with Gasteiger partial charge < -0.3 is 15.0 Å². The van der Waals surface area contributed by atoms with Gasteiger partial charge in [0.15, 0.2) is 0 Å². The van der Waals surface area contributed by atoms with E-state index in [1.807, 2.05) is 0 Å². The monoisotopic (exact) mass is 255 g/mol. The molecule has 1 atom stereocenters. The number of H-pyrrole nitrogens is 1. The summed E-state index contributed by atoms with van der Waals surface area (Å²) in [5.41, 5.74) is -1.70. The molecular formula is C10H13N3O5. The minimum atomic E-state index is -1.19. The summed E-state index contributed by atoms with van der Waals surface area (Å²) in [6.07, 6.45) is 0.984. The van der Waals surface area contributed by atoms with Crippen LogP contribution in [0.2, 0.25) is 0 Å². The van der Waals surface area contributed by atoms with Crippen molar-refractivity contribution >= 4 is 11.9 Å². The molecular weight excluding hydrogens is 242 g/mol. The van der Waals surface area contributed by atoms with Crippen LogP contribution in [0.15, 0.2) is 15.8 Å². The number of aromatic amines is 1. The van der Waals surface area contributed by atoms with Crippen LogP contribution in [-0.2, 0) is 11.8 Å². The molecule has 0 fully saturated rings. The lowest BCUT2D eigenvalue weighted by Crippen LogP contribution is -2.44. The molecule has 1 heterocycles. The highest BCUT2D eigenvalue weighted by Crippen LogP contribution is 2.01. The minimum absolute atomic E-state index is 0.285. The Morgan fingerprint density at radius 2 is 2.00 bits per heavy atom. The molecule has 0 saturated heterocycles. The lowest BCUT2D eigenvalue weighted by molar-refractivity contribution is -0.141. The second-order valence-electron chi connectivity index (χ2n) is 3.80. The molecule has 0 aliphatic heterocycles. The third-order valence-electron chi connectivity index (χ3n) is 2.67. The van der Waals surface area contributed by atoms with Crippen molar-refractivity contribution in [2.24, 2.45) is 7.05 Å². The van der Waals surface area contributed by atoms with Crippen LogP contribution in [0.1, 0.15) is 17.3 Å². The molecule has 0 aliphatic rings. The lowest BCUT2D eigenvalue weighted by atomic mass is 10.2. The SMILES string of the molecule is CC(C(=O)O)N(C)C(=O)c1c[nH]c(=O)n(C)c1=O. The first-order valence-electron chi connectivity index (χ1n) is 5.06. The number of amides is 1. The van der Waals surface area contributed by atoms with Crippen LogP contribution in [0.3, 0.4) is 0 Å². The first kappa shape index (κ1) is 13.7. The van der Waals surface area contributed by atoms with E-state index in [1.165, 1.54) is 21.0 Å². The van der Waals surface area contributed by atoms with E-state index in [0.29, 0.717) is 0 Å². The van der Waals surface area contributed by atoms with Crippen molar-refractivity contribution < 1.29 is 14.7 Å². The molecule has 18 heavy (non-hydrogen) atoms. The average Bonchev–Trinajstić information content (AvgIpc) is 2.33. The summed E-state index contributed by atoms with van der Waals surface area (Å²) < 4.78 is 0.743. The standard InChI is InChI=1S/C10H13N3O5/c1-5(9(16)17)12(2)7(14)6-4-11-10(18)13(3)8(6)15/h4-5H,1-3H3,(H,11,18)(H,16,17). The summed E-state index contributed by atoms with van der Waals surface area (Å²) in [6.45, 7) is 1.32. The van der Waals surface area contributed by atoms with Crippen LogP contribution in [0.25, 0.3) is 0 Å². The first-order valence-corrected chi connectivity index (χ1v) is 5.06. The Kier molecular flexibility index (Phi) is 3.70. The number of carboxylic acid groups (broad SMARTS) is 1. The number of nitrogens with one attached hydrogen (secondary N) is 1. The number of rotatable bonds is 3. The van der Waals surface area contributed by atoms with Crippen LogP contribution < -0.4 is 11.2 Å². The van der Waals surface area contributed by atoms with E-state index in [4.69, 9.17) is 5.11 Å². The molecule has 1 aromatic heterocycles. The number of nitrogens with zero attached hydrogens (tertiary/aromatic N) is 2. The highest BCUT2D eigenvalue weighted by atomic mass is 16.4. The van der Waals surface area contributed by atoms with Crippen molar-refractivity contribution in [2.45, 2.75) is 13.0 Å². The lowest BCUT2D eigenvalue weighted by Gasteiger charge is -2.21. The van der Waals surface area contributed by atoms with E-state index in [1.54, 1.807) is 0 Å². The van der Waals surface area contributed by atoms with Gasteiger partial charge in [0, 0.05) is 20.3 Å². The van der Waals surface area contributed by atoms with Crippen molar-refractivity contribution in [3.63, 3.8) is 0 Å². The number of carbonyl (C=O) groups is 2. The maximum Gasteiger partial charge on any atom is 0.328 e. The van der Waals surface area contributed by atoms with Gasteiger partial charge in [-0.2, -0.15) is 0 Å². The molecule has 0 aromatic carbocycles. The van der Waals surface area contributed by atoms with Gasteiger partial charge in [0.25, 0.3) is 11.5 Å². The van der Waals surface area contributed by atoms with Gasteiger partial charge in [-0.05, 0) is 6.92 Å². The smallest absolute Gasteiger partial charge is 0.328 e. The number of carbonyl (C=O) groups excluding carboxylic acids is 1. The van der Waals surface area contributed by atoms with Crippen LogP contribution >= 0.6 is 0 Å². The van der Waals surface area contributed by atoms with E-state index < -0.39 is 29.2 Å². The maximum atomic E-state index is 11.9. The Balaban J connectivity index is 3.21. The largest absolute Gasteiger partial charge is 0.480 e. The summed E-state index contributed by atoms with van der Waals surface area (Å²) in [5.74, 6) is -1.95. The van der Waals surface area contributed by atoms with E-state index >= 15 is 0 Å². The molecule has 0 radical (unpaired) electrons. The second-order valence-corrected chi connectivity index (χ2v) is 3.80. The van der Waals surface area contributed by atoms with Crippen molar-refractivity contribution in [1.29, 1.82) is 0 Å². The molecule has 8 nitrogen and oxygen atoms in total. The van der Waals surface area contributed by atoms with Crippen molar-refractivity contribution in [3.05, 3.63) is 32.6 Å². The van der Waals surface area contributed by atoms with Gasteiger partial charge in [-0.1, -0.05) is 0 Å². The summed E-state index contributed by atoms with van der Waals surface area (Å²) >= 11 is 0. The Morgan fingerprint density at radius 3 is 2.50 bits per heavy atom. The number of likely N-dealkylation sites (N-methyl/N-ethyl adjacent to an activating group) is 1. The molecule has 8 heteroatoms. The third kappa shape index (κ3) is 2.31. The fourth-order valence-electron chi connectivity index (χ4n) is 1.25. The topological polar surface area (TPSA) is 112 Å². The van der Waals surface area contributed by atoms with Crippen LogP contribution in [0, 0.1) is 0 Å². The number of hydrogen-bond donors (Lipinski definition) is 2. The van der Waals surface area contributed by atoms with Crippen LogP contribution in [0.4, 0.5) is 0 Å². The second kappa shape index (κ2) is 4.86. The van der Waals surface area contributed by atoms with E-state index in [9.17, 15) is 19.2 Å². The van der Waals surface area contributed by atoms with Gasteiger partial charge in [0.2, 0.25) is 0 Å². The van der Waals surface area contributed by atoms with Crippen LogP contribution in [0.5, 0.6) is 0 Å². The van der Waals surface area contributed by atoms with E-state index in [-0.39, 0.29) is 5.56 Å². The minimum Gasteiger partial charge on any atom is -0.480 e. The molecule has 1 unspecified atom stereocenters.